The molecule has 1 aromatic carbocycles. The molecule has 1 aliphatic heterocycles. The maximum absolute atomic E-state index is 12.5. The quantitative estimate of drug-likeness (QED) is 0.913. The van der Waals surface area contributed by atoms with E-state index in [1.165, 1.54) is 4.31 Å². The van der Waals surface area contributed by atoms with Gasteiger partial charge in [0.25, 0.3) is 0 Å². The first kappa shape index (κ1) is 14.5. The third-order valence-corrected chi connectivity index (χ3v) is 6.04. The van der Waals surface area contributed by atoms with Crippen LogP contribution in [0.4, 0.5) is 0 Å². The van der Waals surface area contributed by atoms with Gasteiger partial charge in [-0.05, 0) is 37.8 Å². The van der Waals surface area contributed by atoms with Crippen LogP contribution in [0.2, 0.25) is 0 Å². The lowest BCUT2D eigenvalue weighted by Crippen LogP contribution is -2.46. The van der Waals surface area contributed by atoms with Crippen LogP contribution in [-0.4, -0.2) is 37.8 Å². The number of rotatable bonds is 4. The molecule has 0 aromatic heterocycles. The molecule has 0 radical (unpaired) electrons. The molecule has 1 N–H and O–H groups in total. The highest BCUT2D eigenvalue weighted by Gasteiger charge is 2.33. The van der Waals surface area contributed by atoms with Crippen LogP contribution in [0.15, 0.2) is 35.2 Å². The minimum Gasteiger partial charge on any atom is -0.353 e. The lowest BCUT2D eigenvalue weighted by molar-refractivity contribution is -0.123. The summed E-state index contributed by atoms with van der Waals surface area (Å²) in [5.41, 5.74) is 0. The van der Waals surface area contributed by atoms with Gasteiger partial charge in [0.05, 0.1) is 4.90 Å². The second kappa shape index (κ2) is 5.77. The Bertz CT molecular complexity index is 603. The number of piperidine rings is 1. The predicted molar refractivity (Wildman–Crippen MR) is 79.1 cm³/mol. The van der Waals surface area contributed by atoms with Crippen LogP contribution in [-0.2, 0) is 14.8 Å². The van der Waals surface area contributed by atoms with E-state index in [0.717, 1.165) is 12.8 Å². The zero-order chi connectivity index (χ0) is 14.9. The molecule has 114 valence electrons. The van der Waals surface area contributed by atoms with Gasteiger partial charge in [-0.2, -0.15) is 4.31 Å². The minimum absolute atomic E-state index is 0.111. The molecule has 0 spiro atoms. The largest absolute Gasteiger partial charge is 0.353 e. The highest BCUT2D eigenvalue weighted by molar-refractivity contribution is 7.89. The van der Waals surface area contributed by atoms with E-state index in [0.29, 0.717) is 30.8 Å². The van der Waals surface area contributed by atoms with Gasteiger partial charge >= 0.3 is 0 Å². The van der Waals surface area contributed by atoms with E-state index in [1.54, 1.807) is 30.3 Å². The van der Waals surface area contributed by atoms with Crippen molar-refractivity contribution in [2.45, 2.75) is 36.6 Å². The third-order valence-electron chi connectivity index (χ3n) is 4.13. The number of hydrogen-bond acceptors (Lipinski definition) is 3. The van der Waals surface area contributed by atoms with Crippen molar-refractivity contribution in [2.75, 3.05) is 13.1 Å². The summed E-state index contributed by atoms with van der Waals surface area (Å²) in [7, 11) is -3.40. The van der Waals surface area contributed by atoms with Crippen molar-refractivity contribution >= 4 is 15.9 Å². The van der Waals surface area contributed by atoms with E-state index >= 15 is 0 Å². The summed E-state index contributed by atoms with van der Waals surface area (Å²) >= 11 is 0. The Balaban J connectivity index is 1.59. The highest BCUT2D eigenvalue weighted by atomic mass is 32.2. The summed E-state index contributed by atoms with van der Waals surface area (Å²) in [6.07, 6.45) is 3.36. The fourth-order valence-electron chi connectivity index (χ4n) is 2.65. The number of carbonyl (C=O) groups excluding carboxylic acids is 1. The van der Waals surface area contributed by atoms with Crippen molar-refractivity contribution in [3.8, 4) is 0 Å². The zero-order valence-corrected chi connectivity index (χ0v) is 12.7. The van der Waals surface area contributed by atoms with E-state index in [9.17, 15) is 13.2 Å². The molecule has 0 bridgehead atoms. The Labute approximate surface area is 125 Å². The Morgan fingerprint density at radius 2 is 1.67 bits per heavy atom. The number of hydrogen-bond donors (Lipinski definition) is 1. The molecular weight excluding hydrogens is 288 g/mol. The van der Waals surface area contributed by atoms with E-state index in [2.05, 4.69) is 5.32 Å². The number of amides is 1. The SMILES string of the molecule is O=C(NC1CCN(S(=O)(=O)c2ccccc2)CC1)C1CC1. The topological polar surface area (TPSA) is 66.5 Å². The molecule has 1 aromatic rings. The van der Waals surface area contributed by atoms with Crippen LogP contribution < -0.4 is 5.32 Å². The smallest absolute Gasteiger partial charge is 0.243 e. The molecule has 3 rings (SSSR count). The van der Waals surface area contributed by atoms with Gasteiger partial charge in [0.2, 0.25) is 15.9 Å². The summed E-state index contributed by atoms with van der Waals surface area (Å²) < 4.78 is 26.5. The van der Waals surface area contributed by atoms with Gasteiger partial charge < -0.3 is 5.32 Å². The van der Waals surface area contributed by atoms with Crippen molar-refractivity contribution in [3.63, 3.8) is 0 Å². The summed E-state index contributed by atoms with van der Waals surface area (Å²) in [4.78, 5) is 12.1. The molecular formula is C15H20N2O3S. The molecule has 6 heteroatoms. The molecule has 5 nitrogen and oxygen atoms in total. The second-order valence-corrected chi connectivity index (χ2v) is 7.71. The normalized spacial score (nSPS) is 21.1. The molecule has 0 atom stereocenters. The molecule has 2 aliphatic rings. The molecule has 0 unspecified atom stereocenters. The third kappa shape index (κ3) is 3.27. The van der Waals surface area contributed by atoms with Crippen molar-refractivity contribution in [3.05, 3.63) is 30.3 Å². The van der Waals surface area contributed by atoms with Crippen molar-refractivity contribution < 1.29 is 13.2 Å². The maximum atomic E-state index is 12.5. The van der Waals surface area contributed by atoms with E-state index < -0.39 is 10.0 Å². The summed E-state index contributed by atoms with van der Waals surface area (Å²) in [6.45, 7) is 0.930. The van der Waals surface area contributed by atoms with Crippen LogP contribution in [0, 0.1) is 5.92 Å². The number of carbonyl (C=O) groups is 1. The summed E-state index contributed by atoms with van der Waals surface area (Å²) in [5.74, 6) is 0.343. The van der Waals surface area contributed by atoms with E-state index in [-0.39, 0.29) is 17.9 Å². The lowest BCUT2D eigenvalue weighted by atomic mass is 10.1. The number of sulfonamides is 1. The van der Waals surface area contributed by atoms with Crippen LogP contribution in [0.3, 0.4) is 0 Å². The Morgan fingerprint density at radius 1 is 1.05 bits per heavy atom. The van der Waals surface area contributed by atoms with Crippen molar-refractivity contribution in [2.24, 2.45) is 5.92 Å². The number of benzene rings is 1. The van der Waals surface area contributed by atoms with E-state index in [4.69, 9.17) is 0 Å². The molecule has 1 saturated carbocycles. The van der Waals surface area contributed by atoms with E-state index in [1.807, 2.05) is 0 Å². The molecule has 1 amide bonds. The molecule has 1 saturated heterocycles. The van der Waals surface area contributed by atoms with Crippen LogP contribution in [0.5, 0.6) is 0 Å². The van der Waals surface area contributed by atoms with Crippen LogP contribution >= 0.6 is 0 Å². The monoisotopic (exact) mass is 308 g/mol. The first-order valence-corrected chi connectivity index (χ1v) is 8.87. The predicted octanol–water partition coefficient (Wildman–Crippen LogP) is 1.37. The van der Waals surface area contributed by atoms with Gasteiger partial charge in [-0.3, -0.25) is 4.79 Å². The highest BCUT2D eigenvalue weighted by Crippen LogP contribution is 2.29. The first-order chi connectivity index (χ1) is 10.1. The van der Waals surface area contributed by atoms with Gasteiger partial charge in [-0.25, -0.2) is 8.42 Å². The Morgan fingerprint density at radius 3 is 2.24 bits per heavy atom. The van der Waals surface area contributed by atoms with Crippen molar-refractivity contribution in [1.82, 2.24) is 9.62 Å². The van der Waals surface area contributed by atoms with Crippen molar-refractivity contribution in [1.29, 1.82) is 0 Å². The standard InChI is InChI=1S/C15H20N2O3S/c18-15(12-6-7-12)16-13-8-10-17(11-9-13)21(19,20)14-4-2-1-3-5-14/h1-5,12-13H,6-11H2,(H,16,18). The fourth-order valence-corrected chi connectivity index (χ4v) is 4.14. The molecule has 2 fully saturated rings. The average Bonchev–Trinajstić information content (AvgIpc) is 3.33. The molecule has 1 heterocycles. The van der Waals surface area contributed by atoms with Gasteiger partial charge in [0.15, 0.2) is 0 Å². The van der Waals surface area contributed by atoms with Gasteiger partial charge in [0, 0.05) is 25.0 Å². The van der Waals surface area contributed by atoms with Crippen LogP contribution in [0.25, 0.3) is 0 Å². The maximum Gasteiger partial charge on any atom is 0.243 e. The average molecular weight is 308 g/mol. The molecule has 1 aliphatic carbocycles. The fraction of sp³-hybridized carbons (Fsp3) is 0.533. The Hall–Kier alpha value is -1.40. The number of nitrogens with one attached hydrogen (secondary N) is 1. The lowest BCUT2D eigenvalue weighted by Gasteiger charge is -2.31. The molecule has 21 heavy (non-hydrogen) atoms. The summed E-state index contributed by atoms with van der Waals surface area (Å²) in [5, 5.41) is 3.03. The van der Waals surface area contributed by atoms with Gasteiger partial charge in [-0.1, -0.05) is 18.2 Å². The first-order valence-electron chi connectivity index (χ1n) is 7.43. The summed E-state index contributed by atoms with van der Waals surface area (Å²) in [6, 6.07) is 8.62. The second-order valence-electron chi connectivity index (χ2n) is 5.77. The zero-order valence-electron chi connectivity index (χ0n) is 11.9. The Kier molecular flexibility index (Phi) is 3.99. The van der Waals surface area contributed by atoms with Crippen LogP contribution in [0.1, 0.15) is 25.7 Å². The minimum atomic E-state index is -3.40. The van der Waals surface area contributed by atoms with Gasteiger partial charge in [0.1, 0.15) is 0 Å². The number of nitrogens with zero attached hydrogens (tertiary/aromatic N) is 1. The van der Waals surface area contributed by atoms with Gasteiger partial charge in [-0.15, -0.1) is 0 Å².